The van der Waals surface area contributed by atoms with Crippen LogP contribution in [0.1, 0.15) is 49.9 Å². The second-order valence-corrected chi connectivity index (χ2v) is 8.70. The molecule has 1 aliphatic rings. The summed E-state index contributed by atoms with van der Waals surface area (Å²) < 4.78 is 1.54. The van der Waals surface area contributed by atoms with Gasteiger partial charge in [0.15, 0.2) is 11.6 Å². The van der Waals surface area contributed by atoms with E-state index in [0.29, 0.717) is 34.9 Å². The third-order valence-corrected chi connectivity index (χ3v) is 6.38. The Balaban J connectivity index is 1.37. The molecule has 0 unspecified atom stereocenters. The highest BCUT2D eigenvalue weighted by Crippen LogP contribution is 2.32. The van der Waals surface area contributed by atoms with Gasteiger partial charge < -0.3 is 0 Å². The number of hydrogen-bond donors (Lipinski definition) is 0. The molecule has 0 aliphatic heterocycles. The van der Waals surface area contributed by atoms with Gasteiger partial charge >= 0.3 is 0 Å². The topological polar surface area (TPSA) is 77.2 Å². The number of hydrogen-bond acceptors (Lipinski definition) is 6. The Labute approximate surface area is 183 Å². The van der Waals surface area contributed by atoms with Crippen molar-refractivity contribution >= 4 is 29.1 Å². The predicted octanol–water partition coefficient (Wildman–Crippen LogP) is 4.32. The molecule has 6 nitrogen and oxygen atoms in total. The van der Waals surface area contributed by atoms with Crippen molar-refractivity contribution in [2.75, 3.05) is 5.75 Å². The summed E-state index contributed by atoms with van der Waals surface area (Å²) in [6, 6.07) is 17.5. The van der Waals surface area contributed by atoms with Crippen LogP contribution in [0.4, 0.5) is 0 Å². The molecule has 2 heterocycles. The van der Waals surface area contributed by atoms with Gasteiger partial charge in [0.25, 0.3) is 5.78 Å². The Kier molecular flexibility index (Phi) is 5.11. The summed E-state index contributed by atoms with van der Waals surface area (Å²) in [5.41, 5.74) is 4.39. The van der Waals surface area contributed by atoms with Gasteiger partial charge in [-0.25, -0.2) is 9.50 Å². The van der Waals surface area contributed by atoms with Gasteiger partial charge in [-0.15, -0.1) is 5.10 Å². The van der Waals surface area contributed by atoms with Gasteiger partial charge in [0.05, 0.1) is 17.0 Å². The minimum atomic E-state index is 0.0211. The van der Waals surface area contributed by atoms with Crippen molar-refractivity contribution in [2.45, 2.75) is 30.8 Å². The number of aryl methyl sites for hydroxylation is 1. The van der Waals surface area contributed by atoms with Crippen LogP contribution in [0.25, 0.3) is 5.78 Å². The molecular weight excluding hydrogens is 408 g/mol. The third kappa shape index (κ3) is 4.01. The summed E-state index contributed by atoms with van der Waals surface area (Å²) in [7, 11) is 0. The maximum atomic E-state index is 12.8. The Hall–Kier alpha value is -3.32. The number of rotatable bonds is 5. The van der Waals surface area contributed by atoms with Crippen molar-refractivity contribution in [3.63, 3.8) is 0 Å². The van der Waals surface area contributed by atoms with Crippen LogP contribution in [0.3, 0.4) is 0 Å². The van der Waals surface area contributed by atoms with Gasteiger partial charge in [0, 0.05) is 18.2 Å². The minimum absolute atomic E-state index is 0.0211. The Morgan fingerprint density at radius 2 is 1.84 bits per heavy atom. The number of nitrogens with zero attached hydrogens (tertiary/aromatic N) is 4. The van der Waals surface area contributed by atoms with Crippen molar-refractivity contribution in [3.05, 3.63) is 88.7 Å². The number of aromatic nitrogens is 4. The fourth-order valence-electron chi connectivity index (χ4n) is 3.84. The van der Waals surface area contributed by atoms with E-state index in [9.17, 15) is 9.59 Å². The Bertz CT molecular complexity index is 1280. The molecule has 0 N–H and O–H groups in total. The van der Waals surface area contributed by atoms with Gasteiger partial charge in [0.2, 0.25) is 5.16 Å². The molecule has 0 saturated carbocycles. The van der Waals surface area contributed by atoms with Crippen LogP contribution in [-0.2, 0) is 6.42 Å². The van der Waals surface area contributed by atoms with E-state index in [0.717, 1.165) is 11.3 Å². The molecule has 4 aromatic rings. The van der Waals surface area contributed by atoms with E-state index in [-0.39, 0.29) is 23.2 Å². The first-order valence-electron chi connectivity index (χ1n) is 10.1. The second kappa shape index (κ2) is 8.07. The molecule has 1 aliphatic carbocycles. The van der Waals surface area contributed by atoms with Crippen molar-refractivity contribution in [3.8, 4) is 0 Å². The molecule has 31 heavy (non-hydrogen) atoms. The standard InChI is InChI=1S/C24H20N4O2S/c1-15-7-9-16(10-8-15)18-11-20-19(21(29)12-18)13-28-23(25-20)26-24(27-28)31-14-22(30)17-5-3-2-4-6-17/h2-10,13,18H,11-12,14H2,1H3/t18-/m1/s1. The zero-order valence-electron chi connectivity index (χ0n) is 17.0. The van der Waals surface area contributed by atoms with Crippen LogP contribution < -0.4 is 0 Å². The van der Waals surface area contributed by atoms with Crippen LogP contribution in [0, 0.1) is 6.92 Å². The lowest BCUT2D eigenvalue weighted by Gasteiger charge is -2.23. The lowest BCUT2D eigenvalue weighted by atomic mass is 9.82. The number of fused-ring (bicyclic) bond motifs is 2. The average Bonchev–Trinajstić information content (AvgIpc) is 3.19. The van der Waals surface area contributed by atoms with Crippen molar-refractivity contribution in [1.29, 1.82) is 0 Å². The zero-order valence-corrected chi connectivity index (χ0v) is 17.8. The van der Waals surface area contributed by atoms with Gasteiger partial charge in [-0.05, 0) is 24.8 Å². The van der Waals surface area contributed by atoms with Crippen LogP contribution >= 0.6 is 11.8 Å². The molecule has 0 saturated heterocycles. The summed E-state index contributed by atoms with van der Waals surface area (Å²) in [6.07, 6.45) is 2.88. The first kappa shape index (κ1) is 19.6. The Morgan fingerprint density at radius 1 is 1.06 bits per heavy atom. The minimum Gasteiger partial charge on any atom is -0.294 e. The quantitative estimate of drug-likeness (QED) is 0.348. The highest BCUT2D eigenvalue weighted by molar-refractivity contribution is 7.99. The summed E-state index contributed by atoms with van der Waals surface area (Å²) in [5.74, 6) is 0.911. The fourth-order valence-corrected chi connectivity index (χ4v) is 4.56. The molecule has 0 spiro atoms. The first-order valence-corrected chi connectivity index (χ1v) is 11.1. The zero-order chi connectivity index (χ0) is 21.4. The van der Waals surface area contributed by atoms with E-state index in [1.54, 1.807) is 18.3 Å². The molecular formula is C24H20N4O2S. The van der Waals surface area contributed by atoms with E-state index < -0.39 is 0 Å². The molecule has 5 rings (SSSR count). The molecule has 7 heteroatoms. The molecule has 0 bridgehead atoms. The van der Waals surface area contributed by atoms with Gasteiger partial charge in [-0.1, -0.05) is 71.9 Å². The molecule has 0 amide bonds. The van der Waals surface area contributed by atoms with E-state index in [4.69, 9.17) is 0 Å². The third-order valence-electron chi connectivity index (χ3n) is 5.54. The normalized spacial score (nSPS) is 15.8. The SMILES string of the molecule is Cc1ccc([C@H]2CC(=O)c3cn4nc(SCC(=O)c5ccccc5)nc4nc3C2)cc1. The van der Waals surface area contributed by atoms with Crippen LogP contribution in [0.2, 0.25) is 0 Å². The molecule has 2 aromatic carbocycles. The highest BCUT2D eigenvalue weighted by atomic mass is 32.2. The molecule has 0 fully saturated rings. The maximum absolute atomic E-state index is 12.8. The van der Waals surface area contributed by atoms with E-state index in [1.807, 2.05) is 18.2 Å². The molecule has 2 aromatic heterocycles. The van der Waals surface area contributed by atoms with E-state index in [1.165, 1.54) is 21.8 Å². The Morgan fingerprint density at radius 3 is 2.61 bits per heavy atom. The molecule has 1 atom stereocenters. The summed E-state index contributed by atoms with van der Waals surface area (Å²) in [4.78, 5) is 34.2. The van der Waals surface area contributed by atoms with Gasteiger partial charge in [-0.3, -0.25) is 9.59 Å². The van der Waals surface area contributed by atoms with Gasteiger partial charge in [0.1, 0.15) is 0 Å². The van der Waals surface area contributed by atoms with E-state index >= 15 is 0 Å². The van der Waals surface area contributed by atoms with Crippen molar-refractivity contribution in [1.82, 2.24) is 19.6 Å². The fraction of sp³-hybridized carbons (Fsp3) is 0.208. The number of carbonyl (C=O) groups is 2. The maximum Gasteiger partial charge on any atom is 0.253 e. The number of Topliss-reactive ketones (excluding diaryl/α,β-unsaturated/α-hetero) is 2. The number of carbonyl (C=O) groups excluding carboxylic acids is 2. The lowest BCUT2D eigenvalue weighted by molar-refractivity contribution is 0.0961. The van der Waals surface area contributed by atoms with E-state index in [2.05, 4.69) is 46.3 Å². The number of thioether (sulfide) groups is 1. The van der Waals surface area contributed by atoms with Crippen LogP contribution in [-0.4, -0.2) is 36.9 Å². The lowest BCUT2D eigenvalue weighted by Crippen LogP contribution is -2.21. The van der Waals surface area contributed by atoms with Crippen molar-refractivity contribution < 1.29 is 9.59 Å². The second-order valence-electron chi connectivity index (χ2n) is 7.76. The average molecular weight is 429 g/mol. The summed E-state index contributed by atoms with van der Waals surface area (Å²) >= 11 is 1.27. The van der Waals surface area contributed by atoms with Crippen LogP contribution in [0.5, 0.6) is 0 Å². The number of benzene rings is 2. The molecule has 0 radical (unpaired) electrons. The molecule has 154 valence electrons. The summed E-state index contributed by atoms with van der Waals surface area (Å²) in [6.45, 7) is 2.05. The smallest absolute Gasteiger partial charge is 0.253 e. The monoisotopic (exact) mass is 428 g/mol. The predicted molar refractivity (Wildman–Crippen MR) is 119 cm³/mol. The van der Waals surface area contributed by atoms with Gasteiger partial charge in [-0.2, -0.15) is 4.98 Å². The first-order chi connectivity index (χ1) is 15.1. The largest absolute Gasteiger partial charge is 0.294 e. The number of ketones is 2. The van der Waals surface area contributed by atoms with Crippen molar-refractivity contribution in [2.24, 2.45) is 0 Å². The summed E-state index contributed by atoms with van der Waals surface area (Å²) in [5, 5.41) is 4.88. The highest BCUT2D eigenvalue weighted by Gasteiger charge is 2.28. The van der Waals surface area contributed by atoms with Crippen LogP contribution in [0.15, 0.2) is 66.0 Å².